The number of nitrogens with one attached hydrogen (secondary N) is 1. The van der Waals surface area contributed by atoms with E-state index in [1.807, 2.05) is 0 Å². The maximum absolute atomic E-state index is 12.5. The fraction of sp³-hybridized carbons (Fsp3) is 0.0714. The summed E-state index contributed by atoms with van der Waals surface area (Å²) in [6.45, 7) is 0. The molecule has 0 aliphatic heterocycles. The second kappa shape index (κ2) is 6.51. The van der Waals surface area contributed by atoms with E-state index >= 15 is 0 Å². The van der Waals surface area contributed by atoms with Crippen molar-refractivity contribution < 1.29 is 31.3 Å². The van der Waals surface area contributed by atoms with Crippen molar-refractivity contribution in [3.63, 3.8) is 0 Å². The molecule has 0 radical (unpaired) electrons. The highest BCUT2D eigenvalue weighted by Crippen LogP contribution is 2.29. The van der Waals surface area contributed by atoms with Crippen LogP contribution in [0.1, 0.15) is 15.9 Å². The van der Waals surface area contributed by atoms with E-state index < -0.39 is 43.2 Å². The lowest BCUT2D eigenvalue weighted by Gasteiger charge is -2.09. The summed E-state index contributed by atoms with van der Waals surface area (Å²) in [5.74, 6) is -1.22. The molecule has 0 saturated carbocycles. The Morgan fingerprint density at radius 3 is 2.12 bits per heavy atom. The van der Waals surface area contributed by atoms with Crippen molar-refractivity contribution >= 4 is 21.6 Å². The first-order chi connectivity index (χ1) is 11.5. The highest BCUT2D eigenvalue weighted by Gasteiger charge is 2.31. The van der Waals surface area contributed by atoms with Crippen molar-refractivity contribution in [1.82, 2.24) is 4.72 Å². The summed E-state index contributed by atoms with van der Waals surface area (Å²) in [6, 6.07) is 7.18. The summed E-state index contributed by atoms with van der Waals surface area (Å²) in [6.07, 6.45) is -4.61. The van der Waals surface area contributed by atoms with E-state index in [9.17, 15) is 36.5 Å². The molecule has 25 heavy (non-hydrogen) atoms. The molecule has 2 aromatic rings. The Hall–Kier alpha value is -2.95. The molecular weight excluding hydrogens is 365 g/mol. The number of sulfonamides is 1. The van der Waals surface area contributed by atoms with E-state index in [1.165, 1.54) is 12.1 Å². The summed E-state index contributed by atoms with van der Waals surface area (Å²) in [5.41, 5.74) is -2.10. The number of carbonyl (C=O) groups excluding carboxylic acids is 1. The topological polar surface area (TPSA) is 106 Å². The molecule has 0 unspecified atom stereocenters. The highest BCUT2D eigenvalue weighted by atomic mass is 32.2. The minimum absolute atomic E-state index is 0.352. The van der Waals surface area contributed by atoms with Gasteiger partial charge in [0.2, 0.25) is 0 Å². The number of carbonyl (C=O) groups is 1. The molecule has 0 atom stereocenters. The SMILES string of the molecule is O=C(NS(=O)(=O)c1ccccc1[N+](=O)[O-])c1ccc(C(F)(F)F)cc1. The van der Waals surface area contributed by atoms with Crippen LogP contribution in [0.5, 0.6) is 0 Å². The molecule has 2 rings (SSSR count). The Balaban J connectivity index is 2.30. The summed E-state index contributed by atoms with van der Waals surface area (Å²) < 4.78 is 63.3. The van der Waals surface area contributed by atoms with Crippen LogP contribution in [0, 0.1) is 10.1 Å². The molecule has 1 N–H and O–H groups in total. The van der Waals surface area contributed by atoms with E-state index in [1.54, 1.807) is 4.72 Å². The van der Waals surface area contributed by atoms with Crippen LogP contribution in [0.3, 0.4) is 0 Å². The highest BCUT2D eigenvalue weighted by molar-refractivity contribution is 7.90. The lowest BCUT2D eigenvalue weighted by molar-refractivity contribution is -0.387. The smallest absolute Gasteiger partial charge is 0.268 e. The molecular formula is C14H9F3N2O5S. The second-order valence-electron chi connectivity index (χ2n) is 4.73. The zero-order valence-electron chi connectivity index (χ0n) is 12.1. The summed E-state index contributed by atoms with van der Waals surface area (Å²) in [5, 5.41) is 10.9. The number of benzene rings is 2. The lowest BCUT2D eigenvalue weighted by Crippen LogP contribution is -2.31. The number of nitrogens with zero attached hydrogens (tertiary/aromatic N) is 1. The Morgan fingerprint density at radius 1 is 1.04 bits per heavy atom. The fourth-order valence-corrected chi connectivity index (χ4v) is 3.03. The van der Waals surface area contributed by atoms with Crippen molar-refractivity contribution in [2.24, 2.45) is 0 Å². The van der Waals surface area contributed by atoms with Crippen molar-refractivity contribution in [2.75, 3.05) is 0 Å². The van der Waals surface area contributed by atoms with Crippen LogP contribution in [-0.2, 0) is 16.2 Å². The number of halogens is 3. The number of nitro benzene ring substituents is 1. The van der Waals surface area contributed by atoms with E-state index in [4.69, 9.17) is 0 Å². The average Bonchev–Trinajstić information content (AvgIpc) is 2.53. The second-order valence-corrected chi connectivity index (χ2v) is 6.39. The van der Waals surface area contributed by atoms with Gasteiger partial charge in [0.05, 0.1) is 10.5 Å². The zero-order chi connectivity index (χ0) is 18.8. The van der Waals surface area contributed by atoms with Gasteiger partial charge in [-0.05, 0) is 30.3 Å². The summed E-state index contributed by atoms with van der Waals surface area (Å²) in [4.78, 5) is 21.1. The van der Waals surface area contributed by atoms with Crippen LogP contribution in [0.2, 0.25) is 0 Å². The number of rotatable bonds is 4. The number of alkyl halides is 3. The van der Waals surface area contributed by atoms with Gasteiger partial charge in [-0.3, -0.25) is 14.9 Å². The molecule has 0 saturated heterocycles. The molecule has 0 fully saturated rings. The third-order valence-corrected chi connectivity index (χ3v) is 4.43. The Labute approximate surface area is 139 Å². The molecule has 0 heterocycles. The first-order valence-electron chi connectivity index (χ1n) is 6.50. The van der Waals surface area contributed by atoms with Gasteiger partial charge in [-0.2, -0.15) is 13.2 Å². The fourth-order valence-electron chi connectivity index (χ4n) is 1.88. The zero-order valence-corrected chi connectivity index (χ0v) is 13.0. The van der Waals surface area contributed by atoms with Gasteiger partial charge in [-0.25, -0.2) is 13.1 Å². The Bertz CT molecular complexity index is 924. The van der Waals surface area contributed by atoms with Crippen molar-refractivity contribution in [2.45, 2.75) is 11.1 Å². The van der Waals surface area contributed by atoms with Crippen molar-refractivity contribution in [3.8, 4) is 0 Å². The molecule has 1 amide bonds. The van der Waals surface area contributed by atoms with Crippen LogP contribution in [0.15, 0.2) is 53.4 Å². The first kappa shape index (κ1) is 18.4. The molecule has 7 nitrogen and oxygen atoms in total. The van der Waals surface area contributed by atoms with Gasteiger partial charge < -0.3 is 0 Å². The number of nitro groups is 1. The van der Waals surface area contributed by atoms with Gasteiger partial charge >= 0.3 is 6.18 Å². The van der Waals surface area contributed by atoms with Crippen LogP contribution in [-0.4, -0.2) is 19.2 Å². The van der Waals surface area contributed by atoms with Gasteiger partial charge in [0.25, 0.3) is 21.6 Å². The minimum atomic E-state index is -4.61. The maximum Gasteiger partial charge on any atom is 0.416 e. The third-order valence-electron chi connectivity index (χ3n) is 3.05. The van der Waals surface area contributed by atoms with E-state index in [0.717, 1.165) is 24.3 Å². The summed E-state index contributed by atoms with van der Waals surface area (Å²) in [7, 11) is -4.59. The van der Waals surface area contributed by atoms with Gasteiger partial charge in [-0.1, -0.05) is 12.1 Å². The number of hydrogen-bond donors (Lipinski definition) is 1. The van der Waals surface area contributed by atoms with Crippen molar-refractivity contribution in [3.05, 3.63) is 69.8 Å². The predicted molar refractivity (Wildman–Crippen MR) is 79.2 cm³/mol. The number of hydrogen-bond acceptors (Lipinski definition) is 5. The Morgan fingerprint density at radius 2 is 1.60 bits per heavy atom. The van der Waals surface area contributed by atoms with Crippen LogP contribution >= 0.6 is 0 Å². The van der Waals surface area contributed by atoms with Gasteiger partial charge in [0.1, 0.15) is 0 Å². The lowest BCUT2D eigenvalue weighted by atomic mass is 10.1. The van der Waals surface area contributed by atoms with Crippen LogP contribution in [0.4, 0.5) is 18.9 Å². The van der Waals surface area contributed by atoms with E-state index in [0.29, 0.717) is 12.1 Å². The minimum Gasteiger partial charge on any atom is -0.268 e. The normalized spacial score (nSPS) is 11.8. The summed E-state index contributed by atoms with van der Waals surface area (Å²) >= 11 is 0. The molecule has 0 aromatic heterocycles. The quantitative estimate of drug-likeness (QED) is 0.654. The average molecular weight is 374 g/mol. The van der Waals surface area contributed by atoms with Crippen molar-refractivity contribution in [1.29, 1.82) is 0 Å². The van der Waals surface area contributed by atoms with Gasteiger partial charge in [0, 0.05) is 11.6 Å². The third kappa shape index (κ3) is 4.12. The molecule has 132 valence electrons. The number of amides is 1. The standard InChI is InChI=1S/C14H9F3N2O5S/c15-14(16,17)10-7-5-9(6-8-10)13(20)18-25(23,24)12-4-2-1-3-11(12)19(21)22/h1-8H,(H,18,20). The largest absolute Gasteiger partial charge is 0.416 e. The molecule has 0 bridgehead atoms. The predicted octanol–water partition coefficient (Wildman–Crippen LogP) is 2.73. The van der Waals surface area contributed by atoms with E-state index in [-0.39, 0.29) is 5.56 Å². The van der Waals surface area contributed by atoms with E-state index in [2.05, 4.69) is 0 Å². The molecule has 11 heteroatoms. The van der Waals surface area contributed by atoms with Gasteiger partial charge in [-0.15, -0.1) is 0 Å². The first-order valence-corrected chi connectivity index (χ1v) is 7.98. The molecule has 2 aromatic carbocycles. The molecule has 0 aliphatic carbocycles. The number of para-hydroxylation sites is 1. The van der Waals surface area contributed by atoms with Crippen LogP contribution in [0.25, 0.3) is 0 Å². The monoisotopic (exact) mass is 374 g/mol. The molecule has 0 spiro atoms. The Kier molecular flexibility index (Phi) is 4.79. The maximum atomic E-state index is 12.5. The van der Waals surface area contributed by atoms with Crippen LogP contribution < -0.4 is 4.72 Å². The molecule has 0 aliphatic rings. The van der Waals surface area contributed by atoms with Gasteiger partial charge in [0.15, 0.2) is 4.90 Å².